The molecule has 1 saturated heterocycles. The maximum atomic E-state index is 14.7. The molecule has 4 N–H and O–H groups in total. The van der Waals surface area contributed by atoms with Crippen LogP contribution in [0.5, 0.6) is 5.75 Å². The number of hydrogen-bond acceptors (Lipinski definition) is 7. The first-order valence-electron chi connectivity index (χ1n) is 13.6. The zero-order valence-corrected chi connectivity index (χ0v) is 24.6. The number of hydrogen-bond donors (Lipinski definition) is 4. The van der Waals surface area contributed by atoms with Gasteiger partial charge in [0.1, 0.15) is 11.6 Å². The second kappa shape index (κ2) is 13.8. The molecule has 1 aromatic heterocycles. The standard InChI is InChI=1S/C29H29F9N4O2S/c1-42-10-7-25(27(31,32)15-42)41-20-5-2-4-17-18(14-28(33,34)35)24(45-26(17)20)6-3-8-39-22-12-19(30)21(40-9-11-43)13-23(22)44-16-29(36,37)38/h2,4-5,12-13,25,39-41,43H,7-11,14-16H2,1H3. The fourth-order valence-corrected chi connectivity index (χ4v) is 5.97. The Bertz CT molecular complexity index is 1550. The summed E-state index contributed by atoms with van der Waals surface area (Å²) in [5, 5.41) is 17.1. The van der Waals surface area contributed by atoms with Gasteiger partial charge in [0.2, 0.25) is 0 Å². The van der Waals surface area contributed by atoms with Gasteiger partial charge in [0.05, 0.1) is 58.8 Å². The van der Waals surface area contributed by atoms with Crippen LogP contribution < -0.4 is 20.7 Å². The van der Waals surface area contributed by atoms with Gasteiger partial charge in [0.25, 0.3) is 5.92 Å². The number of fused-ring (bicyclic) bond motifs is 1. The number of benzene rings is 2. The SMILES string of the molecule is CN1CCC(Nc2cccc3c(CC(F)(F)F)c(C#CCNc4cc(F)c(NCCO)cc4OCC(F)(F)F)sc23)C(F)(F)C1. The highest BCUT2D eigenvalue weighted by atomic mass is 32.1. The number of ether oxygens (including phenoxy) is 1. The number of piperidine rings is 1. The summed E-state index contributed by atoms with van der Waals surface area (Å²) in [6.07, 6.45) is -10.5. The van der Waals surface area contributed by atoms with Crippen molar-refractivity contribution in [1.29, 1.82) is 0 Å². The monoisotopic (exact) mass is 668 g/mol. The minimum Gasteiger partial charge on any atom is -0.482 e. The lowest BCUT2D eigenvalue weighted by Gasteiger charge is -2.37. The van der Waals surface area contributed by atoms with Gasteiger partial charge in [0.15, 0.2) is 6.61 Å². The molecule has 2 aromatic carbocycles. The molecule has 16 heteroatoms. The summed E-state index contributed by atoms with van der Waals surface area (Å²) in [5.74, 6) is 0.932. The Balaban J connectivity index is 1.62. The number of rotatable bonds is 10. The van der Waals surface area contributed by atoms with Crippen molar-refractivity contribution in [2.75, 3.05) is 62.4 Å². The molecular formula is C29H29F9N4O2S. The number of nitrogens with one attached hydrogen (secondary N) is 3. The van der Waals surface area contributed by atoms with E-state index in [1.165, 1.54) is 23.1 Å². The molecule has 0 amide bonds. The van der Waals surface area contributed by atoms with Crippen molar-refractivity contribution in [1.82, 2.24) is 4.90 Å². The van der Waals surface area contributed by atoms with Crippen LogP contribution in [0.15, 0.2) is 30.3 Å². The van der Waals surface area contributed by atoms with Crippen LogP contribution >= 0.6 is 11.3 Å². The van der Waals surface area contributed by atoms with Crippen LogP contribution in [-0.2, 0) is 6.42 Å². The number of aliphatic hydroxyl groups excluding tert-OH is 1. The second-order valence-electron chi connectivity index (χ2n) is 10.4. The summed E-state index contributed by atoms with van der Waals surface area (Å²) in [4.78, 5) is 1.52. The zero-order valence-electron chi connectivity index (χ0n) is 23.7. The first-order chi connectivity index (χ1) is 21.1. The van der Waals surface area contributed by atoms with Crippen LogP contribution in [0.4, 0.5) is 56.6 Å². The predicted molar refractivity (Wildman–Crippen MR) is 155 cm³/mol. The summed E-state index contributed by atoms with van der Waals surface area (Å²) in [7, 11) is 1.58. The molecule has 1 atom stereocenters. The molecule has 1 aliphatic rings. The molecule has 0 radical (unpaired) electrons. The lowest BCUT2D eigenvalue weighted by atomic mass is 10.0. The Hall–Kier alpha value is -3.55. The molecular weight excluding hydrogens is 639 g/mol. The molecule has 6 nitrogen and oxygen atoms in total. The lowest BCUT2D eigenvalue weighted by molar-refractivity contribution is -0.153. The summed E-state index contributed by atoms with van der Waals surface area (Å²) in [6, 6.07) is 5.04. The summed E-state index contributed by atoms with van der Waals surface area (Å²) in [6.45, 7) is -2.52. The van der Waals surface area contributed by atoms with E-state index < -0.39 is 49.7 Å². The topological polar surface area (TPSA) is 68.8 Å². The van der Waals surface area contributed by atoms with E-state index in [4.69, 9.17) is 9.84 Å². The number of alkyl halides is 8. The van der Waals surface area contributed by atoms with Crippen LogP contribution in [0.2, 0.25) is 0 Å². The van der Waals surface area contributed by atoms with Crippen molar-refractivity contribution in [2.24, 2.45) is 0 Å². The quantitative estimate of drug-likeness (QED) is 0.142. The van der Waals surface area contributed by atoms with Crippen molar-refractivity contribution in [3.8, 4) is 17.6 Å². The highest BCUT2D eigenvalue weighted by molar-refractivity contribution is 7.20. The van der Waals surface area contributed by atoms with E-state index in [1.807, 2.05) is 0 Å². The first kappa shape index (κ1) is 34.3. The molecule has 0 saturated carbocycles. The van der Waals surface area contributed by atoms with E-state index in [9.17, 15) is 39.5 Å². The second-order valence-corrected chi connectivity index (χ2v) is 11.4. The van der Waals surface area contributed by atoms with Crippen molar-refractivity contribution >= 4 is 38.5 Å². The minimum absolute atomic E-state index is 0.0248. The van der Waals surface area contributed by atoms with Gasteiger partial charge in [-0.25, -0.2) is 13.2 Å². The molecule has 246 valence electrons. The summed E-state index contributed by atoms with van der Waals surface area (Å²) in [5.41, 5.74) is -0.313. The van der Waals surface area contributed by atoms with Gasteiger partial charge in [-0.1, -0.05) is 24.0 Å². The van der Waals surface area contributed by atoms with Crippen LogP contribution in [0.1, 0.15) is 16.9 Å². The third kappa shape index (κ3) is 9.24. The first-order valence-corrected chi connectivity index (χ1v) is 14.4. The van der Waals surface area contributed by atoms with Crippen molar-refractivity contribution in [2.45, 2.75) is 37.2 Å². The normalized spacial score (nSPS) is 17.1. The molecule has 1 unspecified atom stereocenters. The van der Waals surface area contributed by atoms with Crippen molar-refractivity contribution in [3.05, 3.63) is 46.6 Å². The van der Waals surface area contributed by atoms with E-state index in [1.54, 1.807) is 7.05 Å². The number of nitrogens with zero attached hydrogens (tertiary/aromatic N) is 1. The van der Waals surface area contributed by atoms with Crippen LogP contribution in [0.25, 0.3) is 10.1 Å². The molecule has 3 aromatic rings. The van der Waals surface area contributed by atoms with Gasteiger partial charge in [-0.2, -0.15) is 26.3 Å². The minimum atomic E-state index is -4.70. The number of thiophene rings is 1. The lowest BCUT2D eigenvalue weighted by Crippen LogP contribution is -2.53. The van der Waals surface area contributed by atoms with E-state index in [0.29, 0.717) is 11.2 Å². The Morgan fingerprint density at radius 1 is 1.07 bits per heavy atom. The molecule has 1 fully saturated rings. The molecule has 1 aliphatic heterocycles. The highest BCUT2D eigenvalue weighted by Gasteiger charge is 2.44. The molecule has 2 heterocycles. The van der Waals surface area contributed by atoms with Gasteiger partial charge in [-0.15, -0.1) is 11.3 Å². The predicted octanol–water partition coefficient (Wildman–Crippen LogP) is 6.71. The van der Waals surface area contributed by atoms with Gasteiger partial charge in [0, 0.05) is 25.2 Å². The molecule has 0 bridgehead atoms. The third-order valence-electron chi connectivity index (χ3n) is 6.77. The molecule has 4 rings (SSSR count). The maximum absolute atomic E-state index is 14.7. The average molecular weight is 669 g/mol. The summed E-state index contributed by atoms with van der Waals surface area (Å²) >= 11 is 0.895. The number of halogens is 9. The molecule has 45 heavy (non-hydrogen) atoms. The fourth-order valence-electron chi connectivity index (χ4n) is 4.80. The van der Waals surface area contributed by atoms with Gasteiger partial charge in [-0.05, 0) is 30.5 Å². The van der Waals surface area contributed by atoms with Gasteiger partial charge < -0.3 is 30.7 Å². The smallest absolute Gasteiger partial charge is 0.422 e. The molecule has 0 spiro atoms. The molecule has 0 aliphatic carbocycles. The average Bonchev–Trinajstić information content (AvgIpc) is 3.27. The summed E-state index contributed by atoms with van der Waals surface area (Å²) < 4.78 is 128. The van der Waals surface area contributed by atoms with Crippen LogP contribution in [-0.4, -0.2) is 80.8 Å². The van der Waals surface area contributed by atoms with E-state index in [0.717, 1.165) is 23.5 Å². The van der Waals surface area contributed by atoms with E-state index in [-0.39, 0.29) is 64.8 Å². The Labute approximate surface area is 256 Å². The maximum Gasteiger partial charge on any atom is 0.422 e. The fraction of sp³-hybridized carbons (Fsp3) is 0.448. The Morgan fingerprint density at radius 2 is 1.82 bits per heavy atom. The van der Waals surface area contributed by atoms with Crippen molar-refractivity contribution < 1.29 is 49.4 Å². The van der Waals surface area contributed by atoms with Crippen LogP contribution in [0, 0.1) is 17.7 Å². The van der Waals surface area contributed by atoms with Crippen molar-refractivity contribution in [3.63, 3.8) is 0 Å². The third-order valence-corrected chi connectivity index (χ3v) is 7.97. The number of anilines is 3. The zero-order chi connectivity index (χ0) is 33.0. The van der Waals surface area contributed by atoms with Crippen LogP contribution in [0.3, 0.4) is 0 Å². The van der Waals surface area contributed by atoms with E-state index in [2.05, 4.69) is 27.8 Å². The Morgan fingerprint density at radius 3 is 2.49 bits per heavy atom. The van der Waals surface area contributed by atoms with Gasteiger partial charge >= 0.3 is 12.4 Å². The number of likely N-dealkylation sites (tertiary alicyclic amines) is 1. The van der Waals surface area contributed by atoms with E-state index >= 15 is 0 Å². The highest BCUT2D eigenvalue weighted by Crippen LogP contribution is 2.40. The largest absolute Gasteiger partial charge is 0.482 e. The number of aliphatic hydroxyl groups is 1. The van der Waals surface area contributed by atoms with Gasteiger partial charge in [-0.3, -0.25) is 0 Å². The Kier molecular flexibility index (Phi) is 10.6.